The highest BCUT2D eigenvalue weighted by Crippen LogP contribution is 2.17. The van der Waals surface area contributed by atoms with Crippen molar-refractivity contribution in [2.45, 2.75) is 39.3 Å². The Morgan fingerprint density at radius 2 is 1.93 bits per heavy atom. The predicted octanol–water partition coefficient (Wildman–Crippen LogP) is 1.03. The van der Waals surface area contributed by atoms with Crippen molar-refractivity contribution in [1.82, 2.24) is 9.80 Å². The lowest BCUT2D eigenvalue weighted by atomic mass is 10.1. The largest absolute Gasteiger partial charge is 0.396 e. The van der Waals surface area contributed by atoms with Gasteiger partial charge in [0, 0.05) is 38.3 Å². The minimum Gasteiger partial charge on any atom is -0.396 e. The highest BCUT2D eigenvalue weighted by molar-refractivity contribution is 4.83. The van der Waals surface area contributed by atoms with Gasteiger partial charge in [0.05, 0.1) is 0 Å². The molecule has 0 aromatic carbocycles. The summed E-state index contributed by atoms with van der Waals surface area (Å²) in [5, 5.41) is 9.12. The molecular weight excluding hydrogens is 188 g/mol. The summed E-state index contributed by atoms with van der Waals surface area (Å²) in [7, 11) is 2.19. The minimum atomic E-state index is 0.302. The number of hydrogen-bond acceptors (Lipinski definition) is 3. The monoisotopic (exact) mass is 214 g/mol. The molecular formula is C12H26N2O. The third kappa shape index (κ3) is 3.74. The van der Waals surface area contributed by atoms with Crippen LogP contribution in [0.5, 0.6) is 0 Å². The van der Waals surface area contributed by atoms with E-state index < -0.39 is 0 Å². The second kappa shape index (κ2) is 5.83. The average Bonchev–Trinajstić information content (AvgIpc) is 2.25. The van der Waals surface area contributed by atoms with Gasteiger partial charge >= 0.3 is 0 Å². The standard InChI is InChI=1S/C12H26N2O/c1-10(2)14-8-11(3)7-13(4)9-12(14)5-6-15/h10-12,15H,5-9H2,1-4H3. The van der Waals surface area contributed by atoms with Gasteiger partial charge in [-0.3, -0.25) is 4.90 Å². The molecule has 0 aromatic heterocycles. The first kappa shape index (κ1) is 12.9. The van der Waals surface area contributed by atoms with Crippen LogP contribution in [0.1, 0.15) is 27.2 Å². The van der Waals surface area contributed by atoms with Gasteiger partial charge in [0.1, 0.15) is 0 Å². The SMILES string of the molecule is CC1CN(C)CC(CCO)N(C(C)C)C1. The molecule has 0 aliphatic carbocycles. The van der Waals surface area contributed by atoms with E-state index >= 15 is 0 Å². The van der Waals surface area contributed by atoms with Crippen molar-refractivity contribution in [1.29, 1.82) is 0 Å². The fraction of sp³-hybridized carbons (Fsp3) is 1.00. The van der Waals surface area contributed by atoms with Crippen LogP contribution >= 0.6 is 0 Å². The van der Waals surface area contributed by atoms with E-state index in [2.05, 4.69) is 37.6 Å². The highest BCUT2D eigenvalue weighted by Gasteiger charge is 2.27. The molecule has 90 valence electrons. The lowest BCUT2D eigenvalue weighted by molar-refractivity contribution is 0.116. The summed E-state index contributed by atoms with van der Waals surface area (Å²) in [6, 6.07) is 1.10. The number of hydrogen-bond donors (Lipinski definition) is 1. The first-order valence-electron chi connectivity index (χ1n) is 6.09. The van der Waals surface area contributed by atoms with E-state index in [0.29, 0.717) is 18.7 Å². The summed E-state index contributed by atoms with van der Waals surface area (Å²) in [5.41, 5.74) is 0. The van der Waals surface area contributed by atoms with Crippen LogP contribution in [0.3, 0.4) is 0 Å². The van der Waals surface area contributed by atoms with Gasteiger partial charge in [-0.2, -0.15) is 0 Å². The third-order valence-electron chi connectivity index (χ3n) is 3.26. The van der Waals surface area contributed by atoms with E-state index in [0.717, 1.165) is 25.4 Å². The molecule has 0 radical (unpaired) electrons. The molecule has 1 N–H and O–H groups in total. The van der Waals surface area contributed by atoms with Crippen molar-refractivity contribution in [3.05, 3.63) is 0 Å². The van der Waals surface area contributed by atoms with Gasteiger partial charge in [0.15, 0.2) is 0 Å². The van der Waals surface area contributed by atoms with Crippen LogP contribution in [0.15, 0.2) is 0 Å². The Morgan fingerprint density at radius 3 is 2.47 bits per heavy atom. The average molecular weight is 214 g/mol. The van der Waals surface area contributed by atoms with E-state index in [-0.39, 0.29) is 0 Å². The Hall–Kier alpha value is -0.120. The van der Waals surface area contributed by atoms with Crippen LogP contribution in [-0.2, 0) is 0 Å². The predicted molar refractivity (Wildman–Crippen MR) is 64.0 cm³/mol. The number of rotatable bonds is 3. The molecule has 0 bridgehead atoms. The van der Waals surface area contributed by atoms with Gasteiger partial charge in [-0.1, -0.05) is 6.92 Å². The smallest absolute Gasteiger partial charge is 0.0446 e. The fourth-order valence-electron chi connectivity index (χ4n) is 2.68. The summed E-state index contributed by atoms with van der Waals surface area (Å²) >= 11 is 0. The topological polar surface area (TPSA) is 26.7 Å². The van der Waals surface area contributed by atoms with E-state index in [4.69, 9.17) is 5.11 Å². The summed E-state index contributed by atoms with van der Waals surface area (Å²) in [5.74, 6) is 0.723. The highest BCUT2D eigenvalue weighted by atomic mass is 16.3. The van der Waals surface area contributed by atoms with Gasteiger partial charge in [0.25, 0.3) is 0 Å². The fourth-order valence-corrected chi connectivity index (χ4v) is 2.68. The summed E-state index contributed by atoms with van der Waals surface area (Å²) in [6.45, 7) is 10.5. The quantitative estimate of drug-likeness (QED) is 0.760. The summed E-state index contributed by atoms with van der Waals surface area (Å²) < 4.78 is 0. The Kier molecular flexibility index (Phi) is 5.03. The molecule has 1 aliphatic heterocycles. The van der Waals surface area contributed by atoms with Gasteiger partial charge in [-0.25, -0.2) is 0 Å². The summed E-state index contributed by atoms with van der Waals surface area (Å²) in [6.07, 6.45) is 0.898. The molecule has 1 saturated heterocycles. The second-order valence-electron chi connectivity index (χ2n) is 5.28. The van der Waals surface area contributed by atoms with Crippen molar-refractivity contribution >= 4 is 0 Å². The van der Waals surface area contributed by atoms with Gasteiger partial charge in [-0.05, 0) is 33.2 Å². The third-order valence-corrected chi connectivity index (χ3v) is 3.26. The molecule has 2 unspecified atom stereocenters. The van der Waals surface area contributed by atoms with Crippen LogP contribution in [0.2, 0.25) is 0 Å². The second-order valence-corrected chi connectivity index (χ2v) is 5.28. The van der Waals surface area contributed by atoms with E-state index in [1.54, 1.807) is 0 Å². The maximum atomic E-state index is 9.12. The van der Waals surface area contributed by atoms with Crippen LogP contribution in [0, 0.1) is 5.92 Å². The van der Waals surface area contributed by atoms with Crippen LogP contribution < -0.4 is 0 Å². The molecule has 1 aliphatic rings. The molecule has 1 rings (SSSR count). The Balaban J connectivity index is 2.68. The van der Waals surface area contributed by atoms with Crippen LogP contribution in [0.4, 0.5) is 0 Å². The van der Waals surface area contributed by atoms with Crippen LogP contribution in [0.25, 0.3) is 0 Å². The Labute approximate surface area is 94.1 Å². The van der Waals surface area contributed by atoms with Gasteiger partial charge in [-0.15, -0.1) is 0 Å². The first-order valence-corrected chi connectivity index (χ1v) is 6.09. The number of aliphatic hydroxyl groups is 1. The molecule has 0 saturated carbocycles. The van der Waals surface area contributed by atoms with Crippen molar-refractivity contribution < 1.29 is 5.11 Å². The lowest BCUT2D eigenvalue weighted by Gasteiger charge is -2.34. The van der Waals surface area contributed by atoms with Crippen molar-refractivity contribution in [3.8, 4) is 0 Å². The van der Waals surface area contributed by atoms with Crippen molar-refractivity contribution in [3.63, 3.8) is 0 Å². The number of likely N-dealkylation sites (N-methyl/N-ethyl adjacent to an activating group) is 1. The molecule has 1 heterocycles. The summed E-state index contributed by atoms with van der Waals surface area (Å²) in [4.78, 5) is 4.94. The molecule has 1 fully saturated rings. The molecule has 3 heteroatoms. The number of aliphatic hydroxyl groups excluding tert-OH is 1. The zero-order chi connectivity index (χ0) is 11.4. The van der Waals surface area contributed by atoms with Crippen LogP contribution in [-0.4, -0.2) is 60.3 Å². The molecule has 0 amide bonds. The zero-order valence-electron chi connectivity index (χ0n) is 10.6. The molecule has 3 nitrogen and oxygen atoms in total. The van der Waals surface area contributed by atoms with Crippen molar-refractivity contribution in [2.24, 2.45) is 5.92 Å². The molecule has 0 spiro atoms. The number of nitrogens with zero attached hydrogens (tertiary/aromatic N) is 2. The molecule has 0 aromatic rings. The van der Waals surface area contributed by atoms with E-state index in [1.807, 2.05) is 0 Å². The van der Waals surface area contributed by atoms with Gasteiger partial charge in [0.2, 0.25) is 0 Å². The molecule has 2 atom stereocenters. The molecule has 15 heavy (non-hydrogen) atoms. The minimum absolute atomic E-state index is 0.302. The Morgan fingerprint density at radius 1 is 1.27 bits per heavy atom. The normalized spacial score (nSPS) is 30.8. The van der Waals surface area contributed by atoms with E-state index in [9.17, 15) is 0 Å². The first-order chi connectivity index (χ1) is 7.04. The maximum Gasteiger partial charge on any atom is 0.0446 e. The maximum absolute atomic E-state index is 9.12. The van der Waals surface area contributed by atoms with E-state index in [1.165, 1.54) is 6.54 Å². The Bertz CT molecular complexity index is 184. The zero-order valence-corrected chi connectivity index (χ0v) is 10.6. The van der Waals surface area contributed by atoms with Crippen molar-refractivity contribution in [2.75, 3.05) is 33.3 Å². The van der Waals surface area contributed by atoms with Gasteiger partial charge < -0.3 is 10.0 Å². The lowest BCUT2D eigenvalue weighted by Crippen LogP contribution is -2.45.